The van der Waals surface area contributed by atoms with Gasteiger partial charge in [-0.25, -0.2) is 0 Å². The summed E-state index contributed by atoms with van der Waals surface area (Å²) in [6.45, 7) is 7.95. The fourth-order valence-electron chi connectivity index (χ4n) is 3.97. The molecule has 2 rings (SSSR count). The Hall–Kier alpha value is -1.36. The first-order valence-electron chi connectivity index (χ1n) is 10.3. The number of hydrogen-bond acceptors (Lipinski definition) is 3. The summed E-state index contributed by atoms with van der Waals surface area (Å²) in [7, 11) is 4.11. The van der Waals surface area contributed by atoms with E-state index in [-0.39, 0.29) is 11.8 Å². The predicted octanol–water partition coefficient (Wildman–Crippen LogP) is 2.77. The lowest BCUT2D eigenvalue weighted by molar-refractivity contribution is -0.133. The van der Waals surface area contributed by atoms with Crippen molar-refractivity contribution >= 4 is 11.8 Å². The largest absolute Gasteiger partial charge is 0.343 e. The number of hydrogen-bond donors (Lipinski definition) is 0. The number of carbonyl (C=O) groups is 2. The van der Waals surface area contributed by atoms with E-state index < -0.39 is 0 Å². The van der Waals surface area contributed by atoms with E-state index >= 15 is 0 Å². The minimum absolute atomic E-state index is 0.123. The molecule has 0 saturated carbocycles. The molecule has 0 aromatic rings. The first kappa shape index (κ1) is 20.9. The van der Waals surface area contributed by atoms with Gasteiger partial charge in [-0.15, -0.1) is 0 Å². The van der Waals surface area contributed by atoms with Crippen molar-refractivity contribution in [1.29, 1.82) is 0 Å². The number of allylic oxidation sites excluding steroid dienone is 1. The van der Waals surface area contributed by atoms with E-state index in [1.54, 1.807) is 6.08 Å². The number of rotatable bonds is 6. The van der Waals surface area contributed by atoms with Gasteiger partial charge in [-0.2, -0.15) is 0 Å². The van der Waals surface area contributed by atoms with Crippen LogP contribution in [0.15, 0.2) is 12.2 Å². The van der Waals surface area contributed by atoms with Crippen LogP contribution in [0.1, 0.15) is 52.4 Å². The first-order chi connectivity index (χ1) is 12.4. The van der Waals surface area contributed by atoms with E-state index in [4.69, 9.17) is 0 Å². The van der Waals surface area contributed by atoms with Crippen LogP contribution in [-0.2, 0) is 9.59 Å². The molecule has 1 unspecified atom stereocenters. The van der Waals surface area contributed by atoms with Crippen molar-refractivity contribution in [2.24, 2.45) is 11.8 Å². The monoisotopic (exact) mass is 363 g/mol. The highest BCUT2D eigenvalue weighted by atomic mass is 16.2. The van der Waals surface area contributed by atoms with Crippen molar-refractivity contribution in [3.8, 4) is 0 Å². The predicted molar refractivity (Wildman–Crippen MR) is 106 cm³/mol. The smallest absolute Gasteiger partial charge is 0.246 e. The fourth-order valence-corrected chi connectivity index (χ4v) is 3.97. The second-order valence-electron chi connectivity index (χ2n) is 8.47. The lowest BCUT2D eigenvalue weighted by atomic mass is 9.92. The van der Waals surface area contributed by atoms with Gasteiger partial charge in [-0.3, -0.25) is 9.59 Å². The maximum absolute atomic E-state index is 12.6. The Labute approximate surface area is 159 Å². The zero-order chi connectivity index (χ0) is 19.1. The normalized spacial score (nSPS) is 23.0. The summed E-state index contributed by atoms with van der Waals surface area (Å²) in [6, 6.07) is 0.393. The number of nitrogens with zero attached hydrogens (tertiary/aromatic N) is 3. The van der Waals surface area contributed by atoms with Crippen LogP contribution >= 0.6 is 0 Å². The molecule has 2 fully saturated rings. The van der Waals surface area contributed by atoms with Gasteiger partial charge in [0.05, 0.1) is 0 Å². The van der Waals surface area contributed by atoms with E-state index in [1.807, 2.05) is 22.9 Å². The maximum Gasteiger partial charge on any atom is 0.246 e. The molecule has 0 N–H and O–H groups in total. The van der Waals surface area contributed by atoms with Crippen LogP contribution in [0.3, 0.4) is 0 Å². The van der Waals surface area contributed by atoms with Crippen molar-refractivity contribution in [2.45, 2.75) is 58.4 Å². The van der Waals surface area contributed by atoms with Gasteiger partial charge >= 0.3 is 0 Å². The quantitative estimate of drug-likeness (QED) is 0.682. The van der Waals surface area contributed by atoms with Crippen LogP contribution < -0.4 is 0 Å². The third kappa shape index (κ3) is 6.42. The number of likely N-dealkylation sites (tertiary alicyclic amines) is 2. The first-order valence-corrected chi connectivity index (χ1v) is 10.3. The third-order valence-corrected chi connectivity index (χ3v) is 5.85. The summed E-state index contributed by atoms with van der Waals surface area (Å²) in [4.78, 5) is 31.1. The summed E-state index contributed by atoms with van der Waals surface area (Å²) < 4.78 is 0. The molecule has 0 aromatic heterocycles. The standard InChI is InChI=1S/C21H37N3O2/c1-17(2)7-9-21(26)24-13-5-6-18(16-24)8-10-20(25)23(4)19-11-14-22(3)15-12-19/h7,9,17-19H,5-6,8,10-16H2,1-4H3. The van der Waals surface area contributed by atoms with Gasteiger partial charge in [0.25, 0.3) is 0 Å². The molecule has 0 aromatic carbocycles. The van der Waals surface area contributed by atoms with Crippen molar-refractivity contribution in [2.75, 3.05) is 40.3 Å². The van der Waals surface area contributed by atoms with Crippen molar-refractivity contribution in [1.82, 2.24) is 14.7 Å². The Bertz CT molecular complexity index is 495. The summed E-state index contributed by atoms with van der Waals surface area (Å²) in [6.07, 6.45) is 9.51. The Morgan fingerprint density at radius 2 is 1.85 bits per heavy atom. The van der Waals surface area contributed by atoms with Gasteiger partial charge in [0, 0.05) is 32.6 Å². The molecule has 2 amide bonds. The van der Waals surface area contributed by atoms with Gasteiger partial charge < -0.3 is 14.7 Å². The molecule has 0 radical (unpaired) electrons. The van der Waals surface area contributed by atoms with Crippen LogP contribution in [0.5, 0.6) is 0 Å². The Morgan fingerprint density at radius 3 is 2.50 bits per heavy atom. The van der Waals surface area contributed by atoms with Crippen LogP contribution in [0.25, 0.3) is 0 Å². The molecule has 26 heavy (non-hydrogen) atoms. The molecule has 0 aliphatic carbocycles. The Kier molecular flexibility index (Phi) is 8.14. The van der Waals surface area contributed by atoms with Crippen LogP contribution in [-0.4, -0.2) is 72.8 Å². The molecule has 0 spiro atoms. The van der Waals surface area contributed by atoms with Crippen LogP contribution in [0.4, 0.5) is 0 Å². The highest BCUT2D eigenvalue weighted by Crippen LogP contribution is 2.23. The van der Waals surface area contributed by atoms with Crippen molar-refractivity contribution in [3.05, 3.63) is 12.2 Å². The van der Waals surface area contributed by atoms with E-state index in [1.165, 1.54) is 0 Å². The summed E-state index contributed by atoms with van der Waals surface area (Å²) >= 11 is 0. The SMILES string of the molecule is CC(C)C=CC(=O)N1CCCC(CCC(=O)N(C)C2CCN(C)CC2)C1. The molecular weight excluding hydrogens is 326 g/mol. The van der Waals surface area contributed by atoms with Gasteiger partial charge in [0.2, 0.25) is 11.8 Å². The van der Waals surface area contributed by atoms with Crippen LogP contribution in [0.2, 0.25) is 0 Å². The van der Waals surface area contributed by atoms with Gasteiger partial charge in [0.1, 0.15) is 0 Å². The molecule has 2 aliphatic rings. The molecule has 148 valence electrons. The Morgan fingerprint density at radius 1 is 1.15 bits per heavy atom. The van der Waals surface area contributed by atoms with Crippen molar-refractivity contribution in [3.63, 3.8) is 0 Å². The molecule has 5 nitrogen and oxygen atoms in total. The van der Waals surface area contributed by atoms with E-state index in [9.17, 15) is 9.59 Å². The lowest BCUT2D eigenvalue weighted by Crippen LogP contribution is -2.44. The molecule has 2 heterocycles. The van der Waals surface area contributed by atoms with Gasteiger partial charge in [0.15, 0.2) is 0 Å². The fraction of sp³-hybridized carbons (Fsp3) is 0.810. The average molecular weight is 364 g/mol. The maximum atomic E-state index is 12.6. The van der Waals surface area contributed by atoms with Gasteiger partial charge in [-0.1, -0.05) is 19.9 Å². The summed E-state index contributed by atoms with van der Waals surface area (Å²) in [5.41, 5.74) is 0. The molecule has 1 atom stereocenters. The highest BCUT2D eigenvalue weighted by molar-refractivity contribution is 5.87. The van der Waals surface area contributed by atoms with E-state index in [0.29, 0.717) is 24.3 Å². The molecule has 5 heteroatoms. The second kappa shape index (κ2) is 10.1. The Balaban J connectivity index is 1.75. The third-order valence-electron chi connectivity index (χ3n) is 5.85. The minimum atomic E-state index is 0.123. The molecule has 2 saturated heterocycles. The van der Waals surface area contributed by atoms with E-state index in [2.05, 4.69) is 25.8 Å². The summed E-state index contributed by atoms with van der Waals surface area (Å²) in [5, 5.41) is 0. The number of piperidine rings is 2. The zero-order valence-corrected chi connectivity index (χ0v) is 17.1. The number of amides is 2. The average Bonchev–Trinajstić information content (AvgIpc) is 2.64. The number of carbonyl (C=O) groups excluding carboxylic acids is 2. The second-order valence-corrected chi connectivity index (χ2v) is 8.47. The van der Waals surface area contributed by atoms with E-state index in [0.717, 1.165) is 58.3 Å². The molecular formula is C21H37N3O2. The van der Waals surface area contributed by atoms with Crippen molar-refractivity contribution < 1.29 is 9.59 Å². The molecule has 2 aliphatic heterocycles. The zero-order valence-electron chi connectivity index (χ0n) is 17.1. The summed E-state index contributed by atoms with van der Waals surface area (Å²) in [5.74, 6) is 1.24. The van der Waals surface area contributed by atoms with Crippen LogP contribution in [0, 0.1) is 11.8 Å². The topological polar surface area (TPSA) is 43.9 Å². The lowest BCUT2D eigenvalue weighted by Gasteiger charge is -2.36. The van der Waals surface area contributed by atoms with Gasteiger partial charge in [-0.05, 0) is 70.2 Å². The minimum Gasteiger partial charge on any atom is -0.343 e. The molecule has 0 bridgehead atoms. The highest BCUT2D eigenvalue weighted by Gasteiger charge is 2.26.